The minimum Gasteiger partial charge on any atom is -0.378 e. The zero-order chi connectivity index (χ0) is 18.1. The smallest absolute Gasteiger partial charge is 0.378 e. The summed E-state index contributed by atoms with van der Waals surface area (Å²) < 4.78 is 8.88. The van der Waals surface area contributed by atoms with E-state index in [2.05, 4.69) is 0 Å². The van der Waals surface area contributed by atoms with E-state index in [9.17, 15) is 9.59 Å². The Bertz CT molecular complexity index is 847. The summed E-state index contributed by atoms with van der Waals surface area (Å²) in [5, 5.41) is 0. The monoisotopic (exact) mass is 349 g/mol. The molecular weight excluding hydrogens is 333 g/mol. The molecular formula is C16H16NO6P. The number of hydrogen-bond acceptors (Lipinski definition) is 4. The van der Waals surface area contributed by atoms with Crippen LogP contribution in [0.2, 0.25) is 0 Å². The molecule has 0 amide bonds. The van der Waals surface area contributed by atoms with E-state index < -0.39 is 7.82 Å². The summed E-state index contributed by atoms with van der Waals surface area (Å²) in [6.07, 6.45) is 0. The Morgan fingerprint density at radius 3 is 1.67 bits per heavy atom. The molecule has 2 aromatic carbocycles. The van der Waals surface area contributed by atoms with Crippen LogP contribution in [0.1, 0.15) is 31.8 Å². The van der Waals surface area contributed by atoms with E-state index in [-0.39, 0.29) is 11.6 Å². The van der Waals surface area contributed by atoms with Crippen molar-refractivity contribution in [3.05, 3.63) is 64.7 Å². The van der Waals surface area contributed by atoms with Gasteiger partial charge >= 0.3 is 7.82 Å². The highest BCUT2D eigenvalue weighted by Gasteiger charge is 2.29. The maximum absolute atomic E-state index is 12.5. The van der Waals surface area contributed by atoms with E-state index in [4.69, 9.17) is 19.2 Å². The summed E-state index contributed by atoms with van der Waals surface area (Å²) in [6.45, 7) is 0. The first kappa shape index (κ1) is 18.0. The lowest BCUT2D eigenvalue weighted by atomic mass is 9.84. The van der Waals surface area contributed by atoms with Crippen LogP contribution < -0.4 is 4.90 Å². The molecule has 0 heterocycles. The number of fused-ring (bicyclic) bond motifs is 2. The second kappa shape index (κ2) is 6.67. The second-order valence-corrected chi connectivity index (χ2v) is 6.37. The molecule has 8 heteroatoms. The summed E-state index contributed by atoms with van der Waals surface area (Å²) in [7, 11) is -0.824. The van der Waals surface area contributed by atoms with Gasteiger partial charge < -0.3 is 19.6 Å². The lowest BCUT2D eigenvalue weighted by molar-refractivity contribution is 0.0979. The highest BCUT2D eigenvalue weighted by atomic mass is 31.2. The number of rotatable bonds is 1. The molecule has 126 valence electrons. The van der Waals surface area contributed by atoms with Crippen molar-refractivity contribution in [2.75, 3.05) is 19.0 Å². The molecule has 3 N–H and O–H groups in total. The van der Waals surface area contributed by atoms with Crippen molar-refractivity contribution in [1.82, 2.24) is 0 Å². The Hall–Kier alpha value is -2.31. The summed E-state index contributed by atoms with van der Waals surface area (Å²) >= 11 is 0. The number of hydrogen-bond donors (Lipinski definition) is 3. The Morgan fingerprint density at radius 1 is 0.792 bits per heavy atom. The van der Waals surface area contributed by atoms with Crippen molar-refractivity contribution in [2.45, 2.75) is 0 Å². The number of phosphoric acid groups is 1. The molecule has 0 saturated heterocycles. The molecule has 7 nitrogen and oxygen atoms in total. The Balaban J connectivity index is 0.000000368. The van der Waals surface area contributed by atoms with Crippen molar-refractivity contribution in [3.63, 3.8) is 0 Å². The highest BCUT2D eigenvalue weighted by molar-refractivity contribution is 7.45. The third-order valence-corrected chi connectivity index (χ3v) is 3.43. The lowest BCUT2D eigenvalue weighted by Crippen LogP contribution is -2.21. The fourth-order valence-corrected chi connectivity index (χ4v) is 2.37. The molecule has 0 atom stereocenters. The van der Waals surface area contributed by atoms with Gasteiger partial charge in [0.25, 0.3) is 0 Å². The third kappa shape index (κ3) is 3.96. The molecule has 0 bridgehead atoms. The van der Waals surface area contributed by atoms with Crippen LogP contribution in [0.3, 0.4) is 0 Å². The molecule has 1 aliphatic rings. The molecule has 0 spiro atoms. The zero-order valence-electron chi connectivity index (χ0n) is 13.0. The molecule has 0 unspecified atom stereocenters. The lowest BCUT2D eigenvalue weighted by Gasteiger charge is -2.20. The number of nitrogens with zero attached hydrogens (tertiary/aromatic N) is 1. The number of carbonyl (C=O) groups is 2. The summed E-state index contributed by atoms with van der Waals surface area (Å²) in [4.78, 5) is 48.3. The van der Waals surface area contributed by atoms with Gasteiger partial charge in [0, 0.05) is 42.0 Å². The third-order valence-electron chi connectivity index (χ3n) is 3.43. The molecule has 0 fully saturated rings. The SMILES string of the molecule is CN(C)c1ccc2c(c1)C(=O)c1ccccc1C2=O.O=P(O)(O)O. The molecule has 0 aromatic heterocycles. The van der Waals surface area contributed by atoms with Gasteiger partial charge in [-0.05, 0) is 18.2 Å². The van der Waals surface area contributed by atoms with Crippen molar-refractivity contribution < 1.29 is 28.8 Å². The van der Waals surface area contributed by atoms with Gasteiger partial charge in [0.2, 0.25) is 0 Å². The molecule has 0 aliphatic heterocycles. The minimum atomic E-state index is -4.64. The van der Waals surface area contributed by atoms with E-state index in [0.717, 1.165) is 5.69 Å². The van der Waals surface area contributed by atoms with Crippen LogP contribution >= 0.6 is 7.82 Å². The first-order valence-corrected chi connectivity index (χ1v) is 8.44. The zero-order valence-corrected chi connectivity index (χ0v) is 13.9. The number of carbonyl (C=O) groups excluding carboxylic acids is 2. The van der Waals surface area contributed by atoms with Gasteiger partial charge in [-0.15, -0.1) is 0 Å². The van der Waals surface area contributed by atoms with Gasteiger partial charge in [0.15, 0.2) is 11.6 Å². The van der Waals surface area contributed by atoms with Crippen molar-refractivity contribution in [3.8, 4) is 0 Å². The quantitative estimate of drug-likeness (QED) is 0.572. The van der Waals surface area contributed by atoms with E-state index in [1.165, 1.54) is 0 Å². The van der Waals surface area contributed by atoms with Gasteiger partial charge in [-0.25, -0.2) is 4.57 Å². The summed E-state index contributed by atoms with van der Waals surface area (Å²) in [5.41, 5.74) is 2.90. The number of ketones is 2. The maximum Gasteiger partial charge on any atom is 0.466 e. The summed E-state index contributed by atoms with van der Waals surface area (Å²) in [5.74, 6) is -0.149. The standard InChI is InChI=1S/C16H13NO2.H3O4P/c1-17(2)10-7-8-13-14(9-10)16(19)12-6-4-3-5-11(12)15(13)18;1-5(2,3)4/h3-9H,1-2H3;(H3,1,2,3,4). The van der Waals surface area contributed by atoms with Crippen LogP contribution in [0.5, 0.6) is 0 Å². The summed E-state index contributed by atoms with van der Waals surface area (Å²) in [6, 6.07) is 12.4. The largest absolute Gasteiger partial charge is 0.466 e. The Kier molecular flexibility index (Phi) is 5.01. The predicted molar refractivity (Wildman–Crippen MR) is 88.3 cm³/mol. The number of anilines is 1. The van der Waals surface area contributed by atoms with Crippen LogP contribution in [0.15, 0.2) is 42.5 Å². The fraction of sp³-hybridized carbons (Fsp3) is 0.125. The Labute approximate surface area is 138 Å². The first-order chi connectivity index (χ1) is 11.1. The van der Waals surface area contributed by atoms with Gasteiger partial charge in [0.1, 0.15) is 0 Å². The average molecular weight is 349 g/mol. The molecule has 24 heavy (non-hydrogen) atoms. The van der Waals surface area contributed by atoms with E-state index in [0.29, 0.717) is 22.3 Å². The highest BCUT2D eigenvalue weighted by Crippen LogP contribution is 2.29. The Morgan fingerprint density at radius 2 is 1.21 bits per heavy atom. The normalized spacial score (nSPS) is 12.7. The molecule has 0 saturated carbocycles. The first-order valence-electron chi connectivity index (χ1n) is 6.87. The van der Waals surface area contributed by atoms with E-state index >= 15 is 0 Å². The predicted octanol–water partition coefficient (Wildman–Crippen LogP) is 1.60. The van der Waals surface area contributed by atoms with Crippen LogP contribution in [0.25, 0.3) is 0 Å². The van der Waals surface area contributed by atoms with Crippen LogP contribution in [0, 0.1) is 0 Å². The van der Waals surface area contributed by atoms with Crippen LogP contribution in [0.4, 0.5) is 5.69 Å². The van der Waals surface area contributed by atoms with Crippen LogP contribution in [-0.4, -0.2) is 40.3 Å². The van der Waals surface area contributed by atoms with Crippen LogP contribution in [-0.2, 0) is 4.57 Å². The van der Waals surface area contributed by atoms with E-state index in [1.54, 1.807) is 36.4 Å². The second-order valence-electron chi connectivity index (χ2n) is 5.34. The molecule has 1 aliphatic carbocycles. The average Bonchev–Trinajstić information content (AvgIpc) is 2.50. The van der Waals surface area contributed by atoms with Crippen molar-refractivity contribution in [2.24, 2.45) is 0 Å². The minimum absolute atomic E-state index is 0.0736. The molecule has 0 radical (unpaired) electrons. The van der Waals surface area contributed by atoms with E-state index in [1.807, 2.05) is 25.1 Å². The van der Waals surface area contributed by atoms with Gasteiger partial charge in [-0.1, -0.05) is 24.3 Å². The van der Waals surface area contributed by atoms with Crippen molar-refractivity contribution >= 4 is 25.1 Å². The topological polar surface area (TPSA) is 115 Å². The van der Waals surface area contributed by atoms with Gasteiger partial charge in [-0.3, -0.25) is 9.59 Å². The van der Waals surface area contributed by atoms with Crippen molar-refractivity contribution in [1.29, 1.82) is 0 Å². The molecule has 2 aromatic rings. The van der Waals surface area contributed by atoms with Gasteiger partial charge in [-0.2, -0.15) is 0 Å². The number of benzene rings is 2. The molecule has 3 rings (SSSR count). The maximum atomic E-state index is 12.5. The van der Waals surface area contributed by atoms with Gasteiger partial charge in [0.05, 0.1) is 0 Å². The fourth-order valence-electron chi connectivity index (χ4n) is 2.37.